The molecule has 0 heterocycles. The molecule has 0 aliphatic rings. The van der Waals surface area contributed by atoms with Crippen LogP contribution in [0.1, 0.15) is 18.1 Å². The maximum atomic E-state index is 12.6. The largest absolute Gasteiger partial charge is 0.480 e. The predicted molar refractivity (Wildman–Crippen MR) is 91.6 cm³/mol. The highest BCUT2D eigenvalue weighted by Crippen LogP contribution is 2.22. The van der Waals surface area contributed by atoms with E-state index in [1.165, 1.54) is 0 Å². The zero-order valence-corrected chi connectivity index (χ0v) is 14.7. The second-order valence-corrected chi connectivity index (χ2v) is 7.84. The second-order valence-electron chi connectivity index (χ2n) is 5.89. The Morgan fingerprint density at radius 2 is 1.50 bits per heavy atom. The summed E-state index contributed by atoms with van der Waals surface area (Å²) in [5, 5.41) is 9.01. The maximum absolute atomic E-state index is 12.6. The molecular formula is C18H21NO4S. The van der Waals surface area contributed by atoms with E-state index in [0.29, 0.717) is 6.54 Å². The van der Waals surface area contributed by atoms with Crippen LogP contribution in [0.3, 0.4) is 0 Å². The van der Waals surface area contributed by atoms with E-state index in [4.69, 9.17) is 5.11 Å². The standard InChI is InChI=1S/C18H21NO4S/c1-13-4-8-16(9-5-13)24(22,23)17-10-6-15(7-11-17)12-19(3)14(2)18(20)21/h4-11,14H,12H2,1-3H3,(H,20,21). The monoisotopic (exact) mass is 347 g/mol. The van der Waals surface area contributed by atoms with Gasteiger partial charge >= 0.3 is 5.97 Å². The molecule has 0 aromatic heterocycles. The van der Waals surface area contributed by atoms with E-state index >= 15 is 0 Å². The number of hydrogen-bond donors (Lipinski definition) is 1. The van der Waals surface area contributed by atoms with Crippen LogP contribution in [-0.2, 0) is 21.2 Å². The van der Waals surface area contributed by atoms with E-state index in [1.807, 2.05) is 6.92 Å². The van der Waals surface area contributed by atoms with Crippen LogP contribution in [0.4, 0.5) is 0 Å². The molecule has 0 amide bonds. The zero-order chi connectivity index (χ0) is 17.9. The van der Waals surface area contributed by atoms with Gasteiger partial charge < -0.3 is 5.11 Å². The van der Waals surface area contributed by atoms with E-state index < -0.39 is 21.8 Å². The second kappa shape index (κ2) is 7.15. The summed E-state index contributed by atoms with van der Waals surface area (Å²) in [6.45, 7) is 3.94. The lowest BCUT2D eigenvalue weighted by atomic mass is 10.2. The number of sulfone groups is 1. The number of carbonyl (C=O) groups is 1. The van der Waals surface area contributed by atoms with Gasteiger partial charge in [-0.15, -0.1) is 0 Å². The lowest BCUT2D eigenvalue weighted by Gasteiger charge is -2.21. The van der Waals surface area contributed by atoms with Crippen LogP contribution in [0.5, 0.6) is 0 Å². The number of nitrogens with zero attached hydrogens (tertiary/aromatic N) is 1. The Morgan fingerprint density at radius 3 is 1.96 bits per heavy atom. The minimum absolute atomic E-state index is 0.226. The van der Waals surface area contributed by atoms with E-state index in [2.05, 4.69) is 0 Å². The minimum Gasteiger partial charge on any atom is -0.480 e. The normalized spacial score (nSPS) is 13.0. The first-order valence-electron chi connectivity index (χ1n) is 7.55. The molecule has 2 aromatic rings. The summed E-state index contributed by atoms with van der Waals surface area (Å²) in [7, 11) is -1.82. The Bertz CT molecular complexity index is 811. The average molecular weight is 347 g/mol. The molecule has 2 rings (SSSR count). The van der Waals surface area contributed by atoms with Crippen LogP contribution in [0.25, 0.3) is 0 Å². The van der Waals surface area contributed by atoms with Crippen LogP contribution in [-0.4, -0.2) is 37.5 Å². The molecule has 0 saturated heterocycles. The molecule has 0 spiro atoms. The minimum atomic E-state index is -3.54. The number of benzene rings is 2. The number of aliphatic carboxylic acids is 1. The van der Waals surface area contributed by atoms with Gasteiger partial charge in [0.25, 0.3) is 0 Å². The molecule has 1 atom stereocenters. The summed E-state index contributed by atoms with van der Waals surface area (Å²) >= 11 is 0. The lowest BCUT2D eigenvalue weighted by molar-refractivity contribution is -0.142. The van der Waals surface area contributed by atoms with E-state index in [9.17, 15) is 13.2 Å². The SMILES string of the molecule is Cc1ccc(S(=O)(=O)c2ccc(CN(C)C(C)C(=O)O)cc2)cc1. The highest BCUT2D eigenvalue weighted by molar-refractivity contribution is 7.91. The molecule has 6 heteroatoms. The summed E-state index contributed by atoms with van der Waals surface area (Å²) in [5.74, 6) is -0.893. The number of aryl methyl sites for hydroxylation is 1. The summed E-state index contributed by atoms with van der Waals surface area (Å²) in [6.07, 6.45) is 0. The smallest absolute Gasteiger partial charge is 0.320 e. The Kier molecular flexibility index (Phi) is 5.41. The summed E-state index contributed by atoms with van der Waals surface area (Å²) in [4.78, 5) is 13.2. The van der Waals surface area contributed by atoms with Gasteiger partial charge in [-0.2, -0.15) is 0 Å². The van der Waals surface area contributed by atoms with Gasteiger partial charge in [-0.1, -0.05) is 29.8 Å². The molecule has 5 nitrogen and oxygen atoms in total. The number of carboxylic acids is 1. The fraction of sp³-hybridized carbons (Fsp3) is 0.278. The molecule has 1 N–H and O–H groups in total. The first-order valence-corrected chi connectivity index (χ1v) is 9.04. The predicted octanol–water partition coefficient (Wildman–Crippen LogP) is 2.73. The van der Waals surface area contributed by atoms with Crippen LogP contribution < -0.4 is 0 Å². The van der Waals surface area contributed by atoms with Crippen molar-refractivity contribution in [2.24, 2.45) is 0 Å². The Morgan fingerprint density at radius 1 is 1.04 bits per heavy atom. The van der Waals surface area contributed by atoms with Crippen molar-refractivity contribution >= 4 is 15.8 Å². The van der Waals surface area contributed by atoms with Crippen molar-refractivity contribution in [2.75, 3.05) is 7.05 Å². The number of hydrogen-bond acceptors (Lipinski definition) is 4. The third-order valence-corrected chi connectivity index (χ3v) is 5.80. The number of likely N-dealkylation sites (N-methyl/N-ethyl adjacent to an activating group) is 1. The molecule has 0 fully saturated rings. The number of rotatable bonds is 6. The Balaban J connectivity index is 2.20. The molecule has 24 heavy (non-hydrogen) atoms. The molecule has 128 valence electrons. The van der Waals surface area contributed by atoms with E-state index in [1.54, 1.807) is 67.4 Å². The molecule has 0 bridgehead atoms. The summed E-state index contributed by atoms with van der Waals surface area (Å²) in [5.41, 5.74) is 1.85. The van der Waals surface area contributed by atoms with Gasteiger partial charge in [0.2, 0.25) is 9.84 Å². The van der Waals surface area contributed by atoms with Gasteiger partial charge in [0.1, 0.15) is 6.04 Å². The molecule has 0 aliphatic heterocycles. The molecular weight excluding hydrogens is 326 g/mol. The summed E-state index contributed by atoms with van der Waals surface area (Å²) in [6, 6.07) is 12.7. The topological polar surface area (TPSA) is 74.7 Å². The van der Waals surface area contributed by atoms with Crippen molar-refractivity contribution in [3.63, 3.8) is 0 Å². The van der Waals surface area contributed by atoms with Crippen molar-refractivity contribution < 1.29 is 18.3 Å². The van der Waals surface area contributed by atoms with Crippen molar-refractivity contribution in [2.45, 2.75) is 36.2 Å². The van der Waals surface area contributed by atoms with Crippen LogP contribution in [0.15, 0.2) is 58.3 Å². The van der Waals surface area contributed by atoms with E-state index in [0.717, 1.165) is 11.1 Å². The first-order chi connectivity index (χ1) is 11.2. The van der Waals surface area contributed by atoms with Crippen molar-refractivity contribution in [1.29, 1.82) is 0 Å². The quantitative estimate of drug-likeness (QED) is 0.870. The van der Waals surface area contributed by atoms with Gasteiger partial charge in [-0.3, -0.25) is 9.69 Å². The fourth-order valence-corrected chi connectivity index (χ4v) is 3.50. The molecule has 0 aliphatic carbocycles. The molecule has 2 aromatic carbocycles. The average Bonchev–Trinajstić information content (AvgIpc) is 2.55. The Hall–Kier alpha value is -2.18. The first kappa shape index (κ1) is 18.2. The third kappa shape index (κ3) is 4.01. The highest BCUT2D eigenvalue weighted by Gasteiger charge is 2.19. The van der Waals surface area contributed by atoms with Crippen LogP contribution in [0.2, 0.25) is 0 Å². The van der Waals surface area contributed by atoms with Crippen molar-refractivity contribution in [3.8, 4) is 0 Å². The third-order valence-electron chi connectivity index (χ3n) is 4.02. The van der Waals surface area contributed by atoms with Crippen molar-refractivity contribution in [1.82, 2.24) is 4.90 Å². The zero-order valence-electron chi connectivity index (χ0n) is 13.9. The maximum Gasteiger partial charge on any atom is 0.320 e. The highest BCUT2D eigenvalue weighted by atomic mass is 32.2. The lowest BCUT2D eigenvalue weighted by Crippen LogP contribution is -2.35. The molecule has 1 unspecified atom stereocenters. The summed E-state index contributed by atoms with van der Waals surface area (Å²) < 4.78 is 25.2. The van der Waals surface area contributed by atoms with Gasteiger partial charge in [-0.05, 0) is 50.7 Å². The molecule has 0 radical (unpaired) electrons. The fourth-order valence-electron chi connectivity index (χ4n) is 2.24. The molecule has 0 saturated carbocycles. The van der Waals surface area contributed by atoms with Gasteiger partial charge in [-0.25, -0.2) is 8.42 Å². The Labute approximate surface area is 142 Å². The van der Waals surface area contributed by atoms with Crippen LogP contribution >= 0.6 is 0 Å². The number of carboxylic acid groups (broad SMARTS) is 1. The van der Waals surface area contributed by atoms with Gasteiger partial charge in [0.15, 0.2) is 0 Å². The van der Waals surface area contributed by atoms with Crippen molar-refractivity contribution in [3.05, 3.63) is 59.7 Å². The van der Waals surface area contributed by atoms with Gasteiger partial charge in [0, 0.05) is 6.54 Å². The van der Waals surface area contributed by atoms with Gasteiger partial charge in [0.05, 0.1) is 9.79 Å². The van der Waals surface area contributed by atoms with Crippen LogP contribution in [0, 0.1) is 6.92 Å². The van der Waals surface area contributed by atoms with E-state index in [-0.39, 0.29) is 9.79 Å².